The van der Waals surface area contributed by atoms with Crippen molar-refractivity contribution >= 4 is 22.6 Å². The fourth-order valence-electron chi connectivity index (χ4n) is 1.88. The number of halogens is 1. The second kappa shape index (κ2) is 6.20. The second-order valence-electron chi connectivity index (χ2n) is 4.09. The van der Waals surface area contributed by atoms with Gasteiger partial charge in [0.05, 0.1) is 13.2 Å². The summed E-state index contributed by atoms with van der Waals surface area (Å²) in [5, 5.41) is 10.3. The van der Waals surface area contributed by atoms with Crippen LogP contribution >= 0.6 is 22.6 Å². The van der Waals surface area contributed by atoms with Gasteiger partial charge in [0, 0.05) is 9.99 Å². The van der Waals surface area contributed by atoms with Crippen molar-refractivity contribution in [1.82, 2.24) is 0 Å². The Morgan fingerprint density at radius 2 is 1.94 bits per heavy atom. The molecule has 2 nitrogen and oxygen atoms in total. The van der Waals surface area contributed by atoms with Crippen LogP contribution in [0.1, 0.15) is 17.2 Å². The molecule has 2 aromatic carbocycles. The van der Waals surface area contributed by atoms with E-state index in [4.69, 9.17) is 4.74 Å². The summed E-state index contributed by atoms with van der Waals surface area (Å²) in [5.74, 6) is 0.822. The summed E-state index contributed by atoms with van der Waals surface area (Å²) < 4.78 is 6.27. The van der Waals surface area contributed by atoms with Crippen LogP contribution in [0.4, 0.5) is 0 Å². The summed E-state index contributed by atoms with van der Waals surface area (Å²) in [4.78, 5) is 0. The summed E-state index contributed by atoms with van der Waals surface area (Å²) in [6.07, 6.45) is 0.113. The van der Waals surface area contributed by atoms with Crippen molar-refractivity contribution < 1.29 is 9.84 Å². The Morgan fingerprint density at radius 3 is 2.67 bits per heavy atom. The zero-order valence-corrected chi connectivity index (χ0v) is 12.3. The van der Waals surface area contributed by atoms with Crippen molar-refractivity contribution in [2.45, 2.75) is 12.5 Å². The van der Waals surface area contributed by atoms with Gasteiger partial charge in [-0.3, -0.25) is 0 Å². The zero-order chi connectivity index (χ0) is 13.0. The Balaban J connectivity index is 2.16. The van der Waals surface area contributed by atoms with Crippen LogP contribution in [-0.4, -0.2) is 12.2 Å². The van der Waals surface area contributed by atoms with Crippen LogP contribution in [0.15, 0.2) is 48.5 Å². The quantitative estimate of drug-likeness (QED) is 0.851. The number of benzene rings is 2. The third-order valence-electron chi connectivity index (χ3n) is 2.83. The standard InChI is InChI=1S/C15H15IO2/c1-18-12-6-4-5-11(9-12)10-15(17)13-7-2-3-8-14(13)16/h2-9,15,17H,10H2,1H3. The molecule has 1 N–H and O–H groups in total. The molecule has 0 aliphatic rings. The van der Waals surface area contributed by atoms with Gasteiger partial charge in [-0.1, -0.05) is 30.3 Å². The summed E-state index contributed by atoms with van der Waals surface area (Å²) in [5.41, 5.74) is 2.04. The van der Waals surface area contributed by atoms with Crippen LogP contribution in [0, 0.1) is 3.57 Å². The Morgan fingerprint density at radius 1 is 1.17 bits per heavy atom. The fourth-order valence-corrected chi connectivity index (χ4v) is 2.62. The van der Waals surface area contributed by atoms with Gasteiger partial charge >= 0.3 is 0 Å². The normalized spacial score (nSPS) is 12.2. The smallest absolute Gasteiger partial charge is 0.119 e. The Kier molecular flexibility index (Phi) is 4.60. The molecular formula is C15H15IO2. The molecule has 1 unspecified atom stereocenters. The first-order valence-electron chi connectivity index (χ1n) is 5.76. The average Bonchev–Trinajstić information content (AvgIpc) is 2.39. The van der Waals surface area contributed by atoms with Gasteiger partial charge in [0.25, 0.3) is 0 Å². The largest absolute Gasteiger partial charge is 0.497 e. The molecule has 0 saturated carbocycles. The molecule has 3 heteroatoms. The van der Waals surface area contributed by atoms with Crippen LogP contribution in [0.3, 0.4) is 0 Å². The van der Waals surface area contributed by atoms with Gasteiger partial charge in [-0.2, -0.15) is 0 Å². The number of ether oxygens (including phenoxy) is 1. The monoisotopic (exact) mass is 354 g/mol. The van der Waals surface area contributed by atoms with E-state index in [1.54, 1.807) is 7.11 Å². The Hall–Kier alpha value is -1.07. The van der Waals surface area contributed by atoms with Gasteiger partial charge in [-0.15, -0.1) is 0 Å². The molecule has 0 radical (unpaired) electrons. The lowest BCUT2D eigenvalue weighted by molar-refractivity contribution is 0.177. The molecule has 0 aliphatic carbocycles. The molecular weight excluding hydrogens is 339 g/mol. The highest BCUT2D eigenvalue weighted by atomic mass is 127. The van der Waals surface area contributed by atoms with Crippen LogP contribution in [0.2, 0.25) is 0 Å². The first-order chi connectivity index (χ1) is 8.70. The summed E-state index contributed by atoms with van der Waals surface area (Å²) in [7, 11) is 1.65. The number of rotatable bonds is 4. The van der Waals surface area contributed by atoms with Crippen LogP contribution < -0.4 is 4.74 Å². The maximum atomic E-state index is 10.3. The van der Waals surface area contributed by atoms with E-state index in [0.717, 1.165) is 20.4 Å². The fraction of sp³-hybridized carbons (Fsp3) is 0.200. The summed E-state index contributed by atoms with van der Waals surface area (Å²) in [6.45, 7) is 0. The van der Waals surface area contributed by atoms with E-state index in [0.29, 0.717) is 6.42 Å². The second-order valence-corrected chi connectivity index (χ2v) is 5.26. The molecule has 2 aromatic rings. The van der Waals surface area contributed by atoms with Crippen LogP contribution in [0.5, 0.6) is 5.75 Å². The third-order valence-corrected chi connectivity index (χ3v) is 3.81. The van der Waals surface area contributed by atoms with Gasteiger partial charge in [0.1, 0.15) is 5.75 Å². The van der Waals surface area contributed by atoms with E-state index in [2.05, 4.69) is 22.6 Å². The topological polar surface area (TPSA) is 29.5 Å². The van der Waals surface area contributed by atoms with Crippen molar-refractivity contribution in [2.24, 2.45) is 0 Å². The van der Waals surface area contributed by atoms with E-state index in [1.807, 2.05) is 48.5 Å². The summed E-state index contributed by atoms with van der Waals surface area (Å²) in [6, 6.07) is 15.7. The number of aliphatic hydroxyl groups is 1. The maximum absolute atomic E-state index is 10.3. The van der Waals surface area contributed by atoms with Crippen molar-refractivity contribution in [2.75, 3.05) is 7.11 Å². The van der Waals surface area contributed by atoms with Crippen molar-refractivity contribution in [3.05, 3.63) is 63.2 Å². The minimum Gasteiger partial charge on any atom is -0.497 e. The highest BCUT2D eigenvalue weighted by Gasteiger charge is 2.11. The molecule has 18 heavy (non-hydrogen) atoms. The van der Waals surface area contributed by atoms with E-state index in [-0.39, 0.29) is 0 Å². The van der Waals surface area contributed by atoms with Gasteiger partial charge in [-0.25, -0.2) is 0 Å². The van der Waals surface area contributed by atoms with Crippen molar-refractivity contribution in [3.8, 4) is 5.75 Å². The molecule has 0 heterocycles. The minimum absolute atomic E-state index is 0.481. The molecule has 0 aromatic heterocycles. The van der Waals surface area contributed by atoms with E-state index in [9.17, 15) is 5.11 Å². The predicted molar refractivity (Wildman–Crippen MR) is 80.8 cm³/mol. The van der Waals surface area contributed by atoms with Crippen LogP contribution in [0.25, 0.3) is 0 Å². The molecule has 0 amide bonds. The first-order valence-corrected chi connectivity index (χ1v) is 6.84. The lowest BCUT2D eigenvalue weighted by Gasteiger charge is -2.13. The molecule has 0 bridgehead atoms. The lowest BCUT2D eigenvalue weighted by atomic mass is 10.0. The Labute approximate surface area is 121 Å². The van der Waals surface area contributed by atoms with Gasteiger partial charge < -0.3 is 9.84 Å². The molecule has 0 fully saturated rings. The molecule has 0 aliphatic heterocycles. The zero-order valence-electron chi connectivity index (χ0n) is 10.1. The SMILES string of the molecule is COc1cccc(CC(O)c2ccccc2I)c1. The highest BCUT2D eigenvalue weighted by molar-refractivity contribution is 14.1. The van der Waals surface area contributed by atoms with Gasteiger partial charge in [-0.05, 0) is 51.9 Å². The molecule has 0 saturated heterocycles. The van der Waals surface area contributed by atoms with Crippen molar-refractivity contribution in [1.29, 1.82) is 0 Å². The number of hydrogen-bond donors (Lipinski definition) is 1. The van der Waals surface area contributed by atoms with E-state index in [1.165, 1.54) is 0 Å². The highest BCUT2D eigenvalue weighted by Crippen LogP contribution is 2.24. The maximum Gasteiger partial charge on any atom is 0.119 e. The lowest BCUT2D eigenvalue weighted by Crippen LogP contribution is -2.03. The number of aliphatic hydroxyl groups excluding tert-OH is 1. The third kappa shape index (κ3) is 3.23. The summed E-state index contributed by atoms with van der Waals surface area (Å²) >= 11 is 2.25. The first kappa shape index (κ1) is 13.4. The van der Waals surface area contributed by atoms with E-state index < -0.39 is 6.10 Å². The molecule has 0 spiro atoms. The molecule has 94 valence electrons. The predicted octanol–water partition coefficient (Wildman–Crippen LogP) is 3.58. The number of methoxy groups -OCH3 is 1. The van der Waals surface area contributed by atoms with Crippen molar-refractivity contribution in [3.63, 3.8) is 0 Å². The van der Waals surface area contributed by atoms with E-state index >= 15 is 0 Å². The minimum atomic E-state index is -0.481. The number of hydrogen-bond acceptors (Lipinski definition) is 2. The van der Waals surface area contributed by atoms with Gasteiger partial charge in [0.2, 0.25) is 0 Å². The van der Waals surface area contributed by atoms with Crippen LogP contribution in [-0.2, 0) is 6.42 Å². The Bertz CT molecular complexity index is 525. The molecule has 2 rings (SSSR count). The van der Waals surface area contributed by atoms with Gasteiger partial charge in [0.15, 0.2) is 0 Å². The average molecular weight is 354 g/mol. The molecule has 1 atom stereocenters.